The van der Waals surface area contributed by atoms with Gasteiger partial charge >= 0.3 is 5.97 Å². The zero-order valence-corrected chi connectivity index (χ0v) is 7.78. The number of carboxylic acid groups (broad SMARTS) is 1. The van der Waals surface area contributed by atoms with Crippen LogP contribution in [0.4, 0.5) is 0 Å². The number of piperazine rings is 1. The Morgan fingerprint density at radius 1 is 1.77 bits per heavy atom. The van der Waals surface area contributed by atoms with Crippen molar-refractivity contribution < 1.29 is 14.7 Å². The third-order valence-electron chi connectivity index (χ3n) is 2.43. The molecular weight excluding hydrogens is 172 g/mol. The number of amides is 1. The van der Waals surface area contributed by atoms with Gasteiger partial charge in [-0.15, -0.1) is 0 Å². The van der Waals surface area contributed by atoms with Crippen LogP contribution in [0.5, 0.6) is 0 Å². The largest absolute Gasteiger partial charge is 0.481 e. The van der Waals surface area contributed by atoms with Crippen molar-refractivity contribution in [2.45, 2.75) is 25.4 Å². The Hall–Kier alpha value is -1.10. The summed E-state index contributed by atoms with van der Waals surface area (Å²) in [6, 6.07) is -0.330. The van der Waals surface area contributed by atoms with E-state index in [1.54, 1.807) is 11.9 Å². The monoisotopic (exact) mass is 186 g/mol. The van der Waals surface area contributed by atoms with Crippen molar-refractivity contribution in [2.24, 2.45) is 0 Å². The average Bonchev–Trinajstić information content (AvgIpc) is 2.05. The maximum Gasteiger partial charge on any atom is 0.305 e. The fourth-order valence-corrected chi connectivity index (χ4v) is 1.40. The molecule has 1 fully saturated rings. The van der Waals surface area contributed by atoms with Crippen molar-refractivity contribution >= 4 is 11.9 Å². The van der Waals surface area contributed by atoms with E-state index in [0.717, 1.165) is 0 Å². The van der Waals surface area contributed by atoms with Crippen LogP contribution >= 0.6 is 0 Å². The van der Waals surface area contributed by atoms with Gasteiger partial charge in [0.05, 0.1) is 12.5 Å². The number of nitrogens with zero attached hydrogens (tertiary/aromatic N) is 1. The Morgan fingerprint density at radius 3 is 2.92 bits per heavy atom. The number of rotatable bonds is 2. The zero-order valence-electron chi connectivity index (χ0n) is 7.78. The van der Waals surface area contributed by atoms with Gasteiger partial charge in [0, 0.05) is 12.6 Å². The maximum absolute atomic E-state index is 11.3. The molecule has 0 aromatic heterocycles. The van der Waals surface area contributed by atoms with Crippen LogP contribution in [0.15, 0.2) is 0 Å². The Morgan fingerprint density at radius 2 is 2.38 bits per heavy atom. The highest BCUT2D eigenvalue weighted by Crippen LogP contribution is 2.10. The molecular formula is C8H14N2O3. The molecule has 0 bridgehead atoms. The lowest BCUT2D eigenvalue weighted by Crippen LogP contribution is -2.58. The van der Waals surface area contributed by atoms with Gasteiger partial charge in [-0.1, -0.05) is 0 Å². The van der Waals surface area contributed by atoms with E-state index in [9.17, 15) is 9.59 Å². The molecule has 2 atom stereocenters. The molecule has 5 nitrogen and oxygen atoms in total. The number of nitrogens with one attached hydrogen (secondary N) is 1. The highest BCUT2D eigenvalue weighted by atomic mass is 16.4. The van der Waals surface area contributed by atoms with E-state index < -0.39 is 12.0 Å². The first kappa shape index (κ1) is 9.98. The van der Waals surface area contributed by atoms with E-state index in [1.165, 1.54) is 0 Å². The molecule has 1 aliphatic rings. The summed E-state index contributed by atoms with van der Waals surface area (Å²) in [4.78, 5) is 23.5. The van der Waals surface area contributed by atoms with Crippen LogP contribution in [0, 0.1) is 0 Å². The van der Waals surface area contributed by atoms with Gasteiger partial charge in [0.1, 0.15) is 0 Å². The number of carbonyl (C=O) groups excluding carboxylic acids is 1. The van der Waals surface area contributed by atoms with Crippen molar-refractivity contribution in [3.8, 4) is 0 Å². The molecule has 1 rings (SSSR count). The van der Waals surface area contributed by atoms with E-state index in [4.69, 9.17) is 5.11 Å². The molecule has 2 unspecified atom stereocenters. The summed E-state index contributed by atoms with van der Waals surface area (Å²) in [5.41, 5.74) is 0. The van der Waals surface area contributed by atoms with E-state index in [0.29, 0.717) is 6.54 Å². The Kier molecular flexibility index (Phi) is 2.87. The van der Waals surface area contributed by atoms with E-state index >= 15 is 0 Å². The summed E-state index contributed by atoms with van der Waals surface area (Å²) < 4.78 is 0. The van der Waals surface area contributed by atoms with E-state index in [2.05, 4.69) is 5.32 Å². The smallest absolute Gasteiger partial charge is 0.305 e. The maximum atomic E-state index is 11.3. The predicted octanol–water partition coefficient (Wildman–Crippen LogP) is -0.720. The van der Waals surface area contributed by atoms with Gasteiger partial charge in [-0.25, -0.2) is 0 Å². The Labute approximate surface area is 76.7 Å². The second kappa shape index (κ2) is 3.74. The zero-order chi connectivity index (χ0) is 10.0. The van der Waals surface area contributed by atoms with Gasteiger partial charge in [-0.2, -0.15) is 0 Å². The van der Waals surface area contributed by atoms with Crippen LogP contribution in [0.3, 0.4) is 0 Å². The van der Waals surface area contributed by atoms with Crippen LogP contribution < -0.4 is 5.32 Å². The lowest BCUT2D eigenvalue weighted by molar-refractivity contribution is -0.143. The molecule has 0 saturated carbocycles. The molecule has 13 heavy (non-hydrogen) atoms. The summed E-state index contributed by atoms with van der Waals surface area (Å²) in [7, 11) is 1.77. The Balaban J connectivity index is 2.66. The molecule has 5 heteroatoms. The van der Waals surface area contributed by atoms with Crippen molar-refractivity contribution in [1.82, 2.24) is 10.2 Å². The van der Waals surface area contributed by atoms with Gasteiger partial charge in [-0.05, 0) is 14.0 Å². The highest BCUT2D eigenvalue weighted by Gasteiger charge is 2.32. The number of aliphatic carboxylic acids is 1. The first-order valence-electron chi connectivity index (χ1n) is 4.24. The van der Waals surface area contributed by atoms with Crippen molar-refractivity contribution in [3.63, 3.8) is 0 Å². The lowest BCUT2D eigenvalue weighted by Gasteiger charge is -2.36. The fourth-order valence-electron chi connectivity index (χ4n) is 1.40. The molecule has 2 N–H and O–H groups in total. The minimum absolute atomic E-state index is 0.132. The van der Waals surface area contributed by atoms with Crippen molar-refractivity contribution in [3.05, 3.63) is 0 Å². The summed E-state index contributed by atoms with van der Waals surface area (Å²) in [5, 5.41) is 11.3. The fraction of sp³-hybridized carbons (Fsp3) is 0.750. The van der Waals surface area contributed by atoms with E-state index in [-0.39, 0.29) is 18.4 Å². The highest BCUT2D eigenvalue weighted by molar-refractivity contribution is 5.86. The number of hydrogen-bond donors (Lipinski definition) is 2. The molecule has 0 radical (unpaired) electrons. The van der Waals surface area contributed by atoms with Gasteiger partial charge in [0.25, 0.3) is 0 Å². The molecule has 1 heterocycles. The third kappa shape index (κ3) is 2.18. The molecule has 0 aliphatic carbocycles. The minimum Gasteiger partial charge on any atom is -0.481 e. The SMILES string of the molecule is CC1CNC(=O)C(CC(=O)O)N1C. The standard InChI is InChI=1S/C8H14N2O3/c1-5-4-9-8(13)6(10(5)2)3-7(11)12/h5-6H,3-4H2,1-2H3,(H,9,13)(H,11,12). The second-order valence-corrected chi connectivity index (χ2v) is 3.37. The number of carboxylic acids is 1. The van der Waals surface area contributed by atoms with Crippen LogP contribution in [-0.2, 0) is 9.59 Å². The number of hydrogen-bond acceptors (Lipinski definition) is 3. The summed E-state index contributed by atoms with van der Waals surface area (Å²) in [6.07, 6.45) is -0.132. The molecule has 1 amide bonds. The average molecular weight is 186 g/mol. The van der Waals surface area contributed by atoms with Gasteiger partial charge in [0.2, 0.25) is 5.91 Å². The van der Waals surface area contributed by atoms with Crippen LogP contribution in [0.1, 0.15) is 13.3 Å². The third-order valence-corrected chi connectivity index (χ3v) is 2.43. The predicted molar refractivity (Wildman–Crippen MR) is 46.3 cm³/mol. The first-order valence-corrected chi connectivity index (χ1v) is 4.24. The van der Waals surface area contributed by atoms with E-state index in [1.807, 2.05) is 6.92 Å². The minimum atomic E-state index is -0.943. The van der Waals surface area contributed by atoms with Crippen LogP contribution in [0.2, 0.25) is 0 Å². The lowest BCUT2D eigenvalue weighted by atomic mass is 10.1. The summed E-state index contributed by atoms with van der Waals surface area (Å²) in [5.74, 6) is -1.14. The Bertz CT molecular complexity index is 229. The van der Waals surface area contributed by atoms with Gasteiger partial charge < -0.3 is 10.4 Å². The summed E-state index contributed by atoms with van der Waals surface area (Å²) in [6.45, 7) is 2.54. The van der Waals surface area contributed by atoms with Crippen LogP contribution in [-0.4, -0.2) is 47.6 Å². The number of carbonyl (C=O) groups is 2. The van der Waals surface area contributed by atoms with Gasteiger partial charge in [0.15, 0.2) is 0 Å². The van der Waals surface area contributed by atoms with Gasteiger partial charge in [-0.3, -0.25) is 14.5 Å². The molecule has 1 aliphatic heterocycles. The molecule has 0 aromatic rings. The topological polar surface area (TPSA) is 69.6 Å². The first-order chi connectivity index (χ1) is 6.02. The number of likely N-dealkylation sites (N-methyl/N-ethyl adjacent to an activating group) is 1. The normalized spacial score (nSPS) is 29.8. The summed E-state index contributed by atoms with van der Waals surface area (Å²) >= 11 is 0. The quantitative estimate of drug-likeness (QED) is 0.597. The molecule has 1 saturated heterocycles. The van der Waals surface area contributed by atoms with Crippen LogP contribution in [0.25, 0.3) is 0 Å². The molecule has 0 aromatic carbocycles. The molecule has 0 spiro atoms. The van der Waals surface area contributed by atoms with Crippen molar-refractivity contribution in [2.75, 3.05) is 13.6 Å². The molecule has 74 valence electrons. The van der Waals surface area contributed by atoms with Crippen molar-refractivity contribution in [1.29, 1.82) is 0 Å². The second-order valence-electron chi connectivity index (χ2n) is 3.37.